The summed E-state index contributed by atoms with van der Waals surface area (Å²) < 4.78 is 22.9. The number of primary amides is 1. The second-order valence-electron chi connectivity index (χ2n) is 4.09. The van der Waals surface area contributed by atoms with E-state index in [9.17, 15) is 14.0 Å². The number of rotatable bonds is 2. The van der Waals surface area contributed by atoms with Crippen molar-refractivity contribution in [2.45, 2.75) is 25.6 Å². The number of hydrogen-bond acceptors (Lipinski definition) is 4. The van der Waals surface area contributed by atoms with Gasteiger partial charge in [-0.15, -0.1) is 0 Å². The molecule has 2 atom stereocenters. The monoisotopic (exact) mass is 253 g/mol. The Labute approximate surface area is 103 Å². The molecule has 1 heterocycles. The lowest BCUT2D eigenvalue weighted by molar-refractivity contribution is -0.0217. The lowest BCUT2D eigenvalue weighted by Gasteiger charge is -2.28. The number of fused-ring (bicyclic) bond motifs is 1. The highest BCUT2D eigenvalue weighted by atomic mass is 19.1. The zero-order valence-electron chi connectivity index (χ0n) is 9.68. The second kappa shape index (κ2) is 4.64. The number of carbonyl (C=O) groups is 2. The summed E-state index contributed by atoms with van der Waals surface area (Å²) in [6, 6.07) is 3.93. The van der Waals surface area contributed by atoms with E-state index in [1.54, 1.807) is 6.92 Å². The number of cyclic esters (lactones) is 1. The lowest BCUT2D eigenvalue weighted by atomic mass is 9.96. The Hall–Kier alpha value is -2.11. The van der Waals surface area contributed by atoms with E-state index in [-0.39, 0.29) is 5.56 Å². The fourth-order valence-electron chi connectivity index (χ4n) is 1.90. The SMILES string of the molecule is CC(OC(N)=O)C1Cc2ccc(F)cc2C(=O)O1. The number of benzene rings is 1. The van der Waals surface area contributed by atoms with Gasteiger partial charge in [-0.1, -0.05) is 6.07 Å². The van der Waals surface area contributed by atoms with Crippen LogP contribution in [0.5, 0.6) is 0 Å². The topological polar surface area (TPSA) is 78.6 Å². The highest BCUT2D eigenvalue weighted by Gasteiger charge is 2.31. The highest BCUT2D eigenvalue weighted by molar-refractivity contribution is 5.92. The molecule has 2 unspecified atom stereocenters. The van der Waals surface area contributed by atoms with Crippen LogP contribution in [-0.2, 0) is 15.9 Å². The minimum Gasteiger partial charge on any atom is -0.454 e. The van der Waals surface area contributed by atoms with E-state index in [0.717, 1.165) is 6.07 Å². The van der Waals surface area contributed by atoms with Crippen LogP contribution >= 0.6 is 0 Å². The number of amides is 1. The van der Waals surface area contributed by atoms with Crippen LogP contribution < -0.4 is 5.73 Å². The molecule has 1 aliphatic heterocycles. The third kappa shape index (κ3) is 2.42. The molecule has 18 heavy (non-hydrogen) atoms. The van der Waals surface area contributed by atoms with Gasteiger partial charge in [0.25, 0.3) is 0 Å². The molecule has 1 aromatic carbocycles. The Morgan fingerprint density at radius 2 is 2.33 bits per heavy atom. The number of ether oxygens (including phenoxy) is 2. The van der Waals surface area contributed by atoms with E-state index in [1.807, 2.05) is 0 Å². The summed E-state index contributed by atoms with van der Waals surface area (Å²) in [6.45, 7) is 1.58. The molecule has 5 nitrogen and oxygen atoms in total. The summed E-state index contributed by atoms with van der Waals surface area (Å²) in [4.78, 5) is 22.3. The lowest BCUT2D eigenvalue weighted by Crippen LogP contribution is -2.39. The fourth-order valence-corrected chi connectivity index (χ4v) is 1.90. The van der Waals surface area contributed by atoms with Gasteiger partial charge >= 0.3 is 12.1 Å². The number of esters is 1. The van der Waals surface area contributed by atoms with Crippen LogP contribution in [0.4, 0.5) is 9.18 Å². The quantitative estimate of drug-likeness (QED) is 0.808. The smallest absolute Gasteiger partial charge is 0.404 e. The molecule has 0 bridgehead atoms. The third-order valence-electron chi connectivity index (χ3n) is 2.80. The minimum absolute atomic E-state index is 0.206. The maximum Gasteiger partial charge on any atom is 0.404 e. The molecule has 0 aromatic heterocycles. The second-order valence-corrected chi connectivity index (χ2v) is 4.09. The van der Waals surface area contributed by atoms with Crippen LogP contribution in [0.1, 0.15) is 22.8 Å². The van der Waals surface area contributed by atoms with Crippen molar-refractivity contribution in [3.05, 3.63) is 35.1 Å². The molecule has 1 aromatic rings. The molecule has 96 valence electrons. The van der Waals surface area contributed by atoms with E-state index >= 15 is 0 Å². The van der Waals surface area contributed by atoms with Gasteiger partial charge < -0.3 is 15.2 Å². The van der Waals surface area contributed by atoms with Gasteiger partial charge in [-0.05, 0) is 24.6 Å². The van der Waals surface area contributed by atoms with Gasteiger partial charge in [-0.25, -0.2) is 14.0 Å². The van der Waals surface area contributed by atoms with Gasteiger partial charge in [-0.2, -0.15) is 0 Å². The summed E-state index contributed by atoms with van der Waals surface area (Å²) in [7, 11) is 0. The van der Waals surface area contributed by atoms with Gasteiger partial charge in [0.1, 0.15) is 18.0 Å². The summed E-state index contributed by atoms with van der Waals surface area (Å²) in [5, 5.41) is 0. The summed E-state index contributed by atoms with van der Waals surface area (Å²) in [5.41, 5.74) is 5.77. The Kier molecular flexibility index (Phi) is 3.18. The molecule has 6 heteroatoms. The molecule has 0 saturated carbocycles. The van der Waals surface area contributed by atoms with Crippen molar-refractivity contribution in [1.82, 2.24) is 0 Å². The van der Waals surface area contributed by atoms with Gasteiger partial charge in [-0.3, -0.25) is 0 Å². The van der Waals surface area contributed by atoms with Crippen molar-refractivity contribution >= 4 is 12.1 Å². The summed E-state index contributed by atoms with van der Waals surface area (Å²) >= 11 is 0. The van der Waals surface area contributed by atoms with Crippen molar-refractivity contribution in [2.24, 2.45) is 5.73 Å². The predicted molar refractivity (Wildman–Crippen MR) is 59.4 cm³/mol. The number of carbonyl (C=O) groups excluding carboxylic acids is 2. The Morgan fingerprint density at radius 1 is 1.61 bits per heavy atom. The van der Waals surface area contributed by atoms with E-state index in [2.05, 4.69) is 0 Å². The molecule has 2 rings (SSSR count). The van der Waals surface area contributed by atoms with Crippen LogP contribution in [0.25, 0.3) is 0 Å². The first-order valence-corrected chi connectivity index (χ1v) is 5.43. The van der Waals surface area contributed by atoms with Crippen LogP contribution in [0.3, 0.4) is 0 Å². The average molecular weight is 253 g/mol. The predicted octanol–water partition coefficient (Wildman–Crippen LogP) is 1.39. The number of nitrogens with two attached hydrogens (primary N) is 1. The standard InChI is InChI=1S/C12H12FNO4/c1-6(17-12(14)16)10-4-7-2-3-8(13)5-9(7)11(15)18-10/h2-3,5-6,10H,4H2,1H3,(H2,14,16). The minimum atomic E-state index is -0.927. The molecule has 1 amide bonds. The molecular formula is C12H12FNO4. The van der Waals surface area contributed by atoms with E-state index in [4.69, 9.17) is 15.2 Å². The van der Waals surface area contributed by atoms with Crippen LogP contribution in [0.2, 0.25) is 0 Å². The van der Waals surface area contributed by atoms with Crippen LogP contribution in [0, 0.1) is 5.82 Å². The largest absolute Gasteiger partial charge is 0.454 e. The molecule has 0 radical (unpaired) electrons. The Morgan fingerprint density at radius 3 is 3.00 bits per heavy atom. The van der Waals surface area contributed by atoms with E-state index < -0.39 is 30.1 Å². The molecular weight excluding hydrogens is 241 g/mol. The molecule has 0 aliphatic carbocycles. The van der Waals surface area contributed by atoms with Gasteiger partial charge in [0.2, 0.25) is 0 Å². The average Bonchev–Trinajstić information content (AvgIpc) is 2.29. The van der Waals surface area contributed by atoms with E-state index in [0.29, 0.717) is 12.0 Å². The van der Waals surface area contributed by atoms with Crippen LogP contribution in [0.15, 0.2) is 18.2 Å². The zero-order chi connectivity index (χ0) is 13.3. The Bertz CT molecular complexity index is 503. The van der Waals surface area contributed by atoms with E-state index in [1.165, 1.54) is 12.1 Å². The summed E-state index contributed by atoms with van der Waals surface area (Å²) in [5.74, 6) is -1.12. The zero-order valence-corrected chi connectivity index (χ0v) is 9.68. The van der Waals surface area contributed by atoms with Crippen molar-refractivity contribution in [2.75, 3.05) is 0 Å². The first kappa shape index (κ1) is 12.3. The van der Waals surface area contributed by atoms with Gasteiger partial charge in [0, 0.05) is 6.42 Å². The molecule has 0 saturated heterocycles. The molecule has 2 N–H and O–H groups in total. The maximum atomic E-state index is 13.0. The number of hydrogen-bond donors (Lipinski definition) is 1. The normalized spacial score (nSPS) is 19.7. The Balaban J connectivity index is 2.20. The maximum absolute atomic E-state index is 13.0. The molecule has 0 fully saturated rings. The fraction of sp³-hybridized carbons (Fsp3) is 0.333. The number of halogens is 1. The van der Waals surface area contributed by atoms with Gasteiger partial charge in [0.05, 0.1) is 5.56 Å². The van der Waals surface area contributed by atoms with Crippen molar-refractivity contribution in [3.63, 3.8) is 0 Å². The third-order valence-corrected chi connectivity index (χ3v) is 2.80. The van der Waals surface area contributed by atoms with Crippen molar-refractivity contribution in [3.8, 4) is 0 Å². The van der Waals surface area contributed by atoms with Crippen LogP contribution in [-0.4, -0.2) is 24.3 Å². The summed E-state index contributed by atoms with van der Waals surface area (Å²) in [6.07, 6.45) is -1.83. The van der Waals surface area contributed by atoms with Crippen molar-refractivity contribution < 1.29 is 23.5 Å². The molecule has 0 spiro atoms. The van der Waals surface area contributed by atoms with Gasteiger partial charge in [0.15, 0.2) is 0 Å². The first-order chi connectivity index (χ1) is 8.47. The highest BCUT2D eigenvalue weighted by Crippen LogP contribution is 2.24. The molecule has 1 aliphatic rings. The first-order valence-electron chi connectivity index (χ1n) is 5.43. The van der Waals surface area contributed by atoms with Crippen molar-refractivity contribution in [1.29, 1.82) is 0 Å².